The van der Waals surface area contributed by atoms with Gasteiger partial charge in [0.2, 0.25) is 5.91 Å². The van der Waals surface area contributed by atoms with Gasteiger partial charge in [-0.2, -0.15) is 0 Å². The van der Waals surface area contributed by atoms with Crippen LogP contribution in [0.3, 0.4) is 0 Å². The van der Waals surface area contributed by atoms with Crippen molar-refractivity contribution in [1.82, 2.24) is 5.32 Å². The van der Waals surface area contributed by atoms with E-state index in [0.29, 0.717) is 11.3 Å². The summed E-state index contributed by atoms with van der Waals surface area (Å²) in [4.78, 5) is 22.8. The van der Waals surface area contributed by atoms with Gasteiger partial charge in [-0.1, -0.05) is 18.7 Å². The highest BCUT2D eigenvalue weighted by Crippen LogP contribution is 2.15. The Hall–Kier alpha value is -3.00. The molecule has 0 atom stereocenters. The Morgan fingerprint density at radius 1 is 1.08 bits per heavy atom. The molecule has 2 amide bonds. The molecule has 26 heavy (non-hydrogen) atoms. The SMILES string of the molecule is C=CC(=O)Nc1ccc(C(=O)NCCS(=O)(=O)c2ccccc2F)cc1. The highest BCUT2D eigenvalue weighted by molar-refractivity contribution is 7.91. The number of nitrogens with one attached hydrogen (secondary N) is 2. The first-order chi connectivity index (χ1) is 12.3. The number of rotatable bonds is 7. The largest absolute Gasteiger partial charge is 0.351 e. The van der Waals surface area contributed by atoms with Crippen LogP contribution < -0.4 is 10.6 Å². The van der Waals surface area contributed by atoms with Crippen LogP contribution in [0.15, 0.2) is 66.1 Å². The second-order valence-electron chi connectivity index (χ2n) is 5.28. The molecule has 2 rings (SSSR count). The average Bonchev–Trinajstić information content (AvgIpc) is 2.62. The second kappa shape index (κ2) is 8.39. The molecule has 2 aromatic rings. The van der Waals surface area contributed by atoms with Crippen molar-refractivity contribution in [3.05, 3.63) is 72.6 Å². The molecule has 0 radical (unpaired) electrons. The zero-order valence-corrected chi connectivity index (χ0v) is 14.6. The minimum absolute atomic E-state index is 0.162. The van der Waals surface area contributed by atoms with Gasteiger partial charge in [-0.05, 0) is 42.5 Å². The summed E-state index contributed by atoms with van der Waals surface area (Å²) in [5, 5.41) is 5.01. The van der Waals surface area contributed by atoms with E-state index in [0.717, 1.165) is 12.1 Å². The lowest BCUT2D eigenvalue weighted by atomic mass is 10.2. The molecule has 0 saturated heterocycles. The van der Waals surface area contributed by atoms with E-state index < -0.39 is 32.2 Å². The van der Waals surface area contributed by atoms with E-state index >= 15 is 0 Å². The van der Waals surface area contributed by atoms with Gasteiger partial charge in [-0.15, -0.1) is 0 Å². The van der Waals surface area contributed by atoms with Crippen molar-refractivity contribution in [3.63, 3.8) is 0 Å². The van der Waals surface area contributed by atoms with Gasteiger partial charge in [0, 0.05) is 17.8 Å². The molecule has 0 spiro atoms. The summed E-state index contributed by atoms with van der Waals surface area (Å²) >= 11 is 0. The van der Waals surface area contributed by atoms with Gasteiger partial charge < -0.3 is 10.6 Å². The van der Waals surface area contributed by atoms with Crippen molar-refractivity contribution < 1.29 is 22.4 Å². The Labute approximate surface area is 150 Å². The van der Waals surface area contributed by atoms with E-state index in [1.165, 1.54) is 42.5 Å². The molecule has 136 valence electrons. The summed E-state index contributed by atoms with van der Waals surface area (Å²) in [5.74, 6) is -2.10. The molecule has 0 aliphatic carbocycles. The zero-order chi connectivity index (χ0) is 19.2. The quantitative estimate of drug-likeness (QED) is 0.725. The first kappa shape index (κ1) is 19.3. The maximum absolute atomic E-state index is 13.6. The fraction of sp³-hybridized carbons (Fsp3) is 0.111. The van der Waals surface area contributed by atoms with E-state index in [9.17, 15) is 22.4 Å². The van der Waals surface area contributed by atoms with Gasteiger partial charge >= 0.3 is 0 Å². The predicted molar refractivity (Wildman–Crippen MR) is 96.1 cm³/mol. The number of benzene rings is 2. The van der Waals surface area contributed by atoms with Crippen LogP contribution >= 0.6 is 0 Å². The number of halogens is 1. The van der Waals surface area contributed by atoms with Crippen molar-refractivity contribution in [1.29, 1.82) is 0 Å². The first-order valence-corrected chi connectivity index (χ1v) is 9.27. The number of amides is 2. The van der Waals surface area contributed by atoms with Crippen LogP contribution in [0.5, 0.6) is 0 Å². The monoisotopic (exact) mass is 376 g/mol. The maximum Gasteiger partial charge on any atom is 0.251 e. The Morgan fingerprint density at radius 2 is 1.73 bits per heavy atom. The minimum Gasteiger partial charge on any atom is -0.351 e. The molecule has 0 aliphatic heterocycles. The standard InChI is InChI=1S/C18H17FN2O4S/c1-2-17(22)21-14-9-7-13(8-10-14)18(23)20-11-12-26(24,25)16-6-4-3-5-15(16)19/h2-10H,1,11-12H2,(H,20,23)(H,21,22). The van der Waals surface area contributed by atoms with E-state index in [1.807, 2.05) is 0 Å². The topological polar surface area (TPSA) is 92.3 Å². The third kappa shape index (κ3) is 5.00. The van der Waals surface area contributed by atoms with Gasteiger partial charge in [0.1, 0.15) is 10.7 Å². The Morgan fingerprint density at radius 3 is 2.35 bits per heavy atom. The summed E-state index contributed by atoms with van der Waals surface area (Å²) in [6, 6.07) is 11.1. The molecule has 0 saturated carbocycles. The second-order valence-corrected chi connectivity index (χ2v) is 7.35. The highest BCUT2D eigenvalue weighted by atomic mass is 32.2. The van der Waals surface area contributed by atoms with Gasteiger partial charge in [0.15, 0.2) is 9.84 Å². The van der Waals surface area contributed by atoms with Crippen LogP contribution in [-0.4, -0.2) is 32.5 Å². The lowest BCUT2D eigenvalue weighted by molar-refractivity contribution is -0.111. The molecule has 0 aromatic heterocycles. The van der Waals surface area contributed by atoms with E-state index in [-0.39, 0.29) is 12.5 Å². The Bertz CT molecular complexity index is 924. The molecule has 0 bridgehead atoms. The molecular weight excluding hydrogens is 359 g/mol. The Balaban J connectivity index is 1.93. The smallest absolute Gasteiger partial charge is 0.251 e. The Kier molecular flexibility index (Phi) is 6.24. The lowest BCUT2D eigenvalue weighted by Gasteiger charge is -2.08. The molecule has 8 heteroatoms. The zero-order valence-electron chi connectivity index (χ0n) is 13.7. The van der Waals surface area contributed by atoms with Crippen LogP contribution in [-0.2, 0) is 14.6 Å². The van der Waals surface area contributed by atoms with Gasteiger partial charge in [-0.25, -0.2) is 12.8 Å². The van der Waals surface area contributed by atoms with Gasteiger partial charge in [-0.3, -0.25) is 9.59 Å². The summed E-state index contributed by atoms with van der Waals surface area (Å²) < 4.78 is 37.8. The van der Waals surface area contributed by atoms with Crippen LogP contribution in [0.1, 0.15) is 10.4 Å². The lowest BCUT2D eigenvalue weighted by Crippen LogP contribution is -2.29. The number of anilines is 1. The van der Waals surface area contributed by atoms with Gasteiger partial charge in [0.25, 0.3) is 5.91 Å². The average molecular weight is 376 g/mol. The molecule has 0 aliphatic rings. The van der Waals surface area contributed by atoms with Crippen molar-refractivity contribution >= 4 is 27.3 Å². The predicted octanol–water partition coefficient (Wildman–Crippen LogP) is 2.15. The summed E-state index contributed by atoms with van der Waals surface area (Å²) in [6.07, 6.45) is 1.12. The molecular formula is C18H17FN2O4S. The summed E-state index contributed by atoms with van der Waals surface area (Å²) in [7, 11) is -3.84. The molecule has 6 nitrogen and oxygen atoms in total. The van der Waals surface area contributed by atoms with Crippen molar-refractivity contribution in [2.75, 3.05) is 17.6 Å². The minimum atomic E-state index is -3.84. The first-order valence-electron chi connectivity index (χ1n) is 7.62. The van der Waals surface area contributed by atoms with Crippen LogP contribution in [0.25, 0.3) is 0 Å². The number of sulfone groups is 1. The van der Waals surface area contributed by atoms with Crippen molar-refractivity contribution in [3.8, 4) is 0 Å². The molecule has 0 fully saturated rings. The highest BCUT2D eigenvalue weighted by Gasteiger charge is 2.18. The van der Waals surface area contributed by atoms with Crippen LogP contribution in [0.2, 0.25) is 0 Å². The number of hydrogen-bond acceptors (Lipinski definition) is 4. The van der Waals surface area contributed by atoms with Crippen LogP contribution in [0, 0.1) is 5.82 Å². The molecule has 0 unspecified atom stereocenters. The molecule has 2 N–H and O–H groups in total. The molecule has 2 aromatic carbocycles. The number of carbonyl (C=O) groups excluding carboxylic acids is 2. The van der Waals surface area contributed by atoms with E-state index in [1.54, 1.807) is 0 Å². The normalized spacial score (nSPS) is 10.8. The van der Waals surface area contributed by atoms with Crippen molar-refractivity contribution in [2.24, 2.45) is 0 Å². The van der Waals surface area contributed by atoms with Crippen LogP contribution in [0.4, 0.5) is 10.1 Å². The summed E-state index contributed by atoms with van der Waals surface area (Å²) in [6.45, 7) is 3.17. The maximum atomic E-state index is 13.6. The summed E-state index contributed by atoms with van der Waals surface area (Å²) in [5.41, 5.74) is 0.790. The van der Waals surface area contributed by atoms with Gasteiger partial charge in [0.05, 0.1) is 5.75 Å². The van der Waals surface area contributed by atoms with E-state index in [4.69, 9.17) is 0 Å². The third-order valence-corrected chi connectivity index (χ3v) is 5.17. The van der Waals surface area contributed by atoms with E-state index in [2.05, 4.69) is 17.2 Å². The third-order valence-electron chi connectivity index (χ3n) is 3.43. The fourth-order valence-electron chi connectivity index (χ4n) is 2.11. The number of hydrogen-bond donors (Lipinski definition) is 2. The number of carbonyl (C=O) groups is 2. The molecule has 0 heterocycles. The van der Waals surface area contributed by atoms with Crippen molar-refractivity contribution in [2.45, 2.75) is 4.90 Å². The fourth-order valence-corrected chi connectivity index (χ4v) is 3.35.